The van der Waals surface area contributed by atoms with Gasteiger partial charge in [0.2, 0.25) is 5.91 Å². The number of amides is 1. The molecular formula is C17H28N4O3S. The zero-order chi connectivity index (χ0) is 18.0. The number of nitrogens with zero attached hydrogens (tertiary/aromatic N) is 3. The van der Waals surface area contributed by atoms with E-state index in [1.54, 1.807) is 11.9 Å². The first-order valence-corrected chi connectivity index (χ1v) is 10.9. The number of fused-ring (bicyclic) bond motifs is 1. The molecule has 1 aliphatic carbocycles. The fourth-order valence-electron chi connectivity index (χ4n) is 3.76. The molecule has 140 valence electrons. The minimum Gasteiger partial charge on any atom is -0.339 e. The number of hydrogen-bond donors (Lipinski definition) is 1. The number of aryl methyl sites for hydroxylation is 1. The van der Waals surface area contributed by atoms with Gasteiger partial charge in [0.15, 0.2) is 9.84 Å². The van der Waals surface area contributed by atoms with Crippen LogP contribution in [0.4, 0.5) is 0 Å². The average Bonchev–Trinajstić information content (AvgIpc) is 3.01. The van der Waals surface area contributed by atoms with Gasteiger partial charge in [0.25, 0.3) is 0 Å². The Morgan fingerprint density at radius 2 is 2.00 bits per heavy atom. The minimum atomic E-state index is -2.93. The molecule has 8 heteroatoms. The van der Waals surface area contributed by atoms with E-state index >= 15 is 0 Å². The van der Waals surface area contributed by atoms with Crippen LogP contribution < -0.4 is 0 Å². The Balaban J connectivity index is 1.57. The van der Waals surface area contributed by atoms with E-state index in [0.29, 0.717) is 13.0 Å². The quantitative estimate of drug-likeness (QED) is 0.776. The molecule has 0 bridgehead atoms. The normalized spacial score (nSPS) is 22.6. The molecule has 0 saturated carbocycles. The maximum atomic E-state index is 12.5. The summed E-state index contributed by atoms with van der Waals surface area (Å²) in [6, 6.07) is -0.0518. The molecule has 1 aromatic rings. The summed E-state index contributed by atoms with van der Waals surface area (Å²) < 4.78 is 23.2. The number of likely N-dealkylation sites (N-methyl/N-ethyl adjacent to an activating group) is 2. The van der Waals surface area contributed by atoms with Crippen LogP contribution in [0.3, 0.4) is 0 Å². The van der Waals surface area contributed by atoms with Crippen LogP contribution in [0, 0.1) is 0 Å². The highest BCUT2D eigenvalue weighted by molar-refractivity contribution is 7.91. The zero-order valence-corrected chi connectivity index (χ0v) is 15.9. The van der Waals surface area contributed by atoms with E-state index in [1.807, 2.05) is 11.9 Å². The largest absolute Gasteiger partial charge is 0.339 e. The molecule has 1 amide bonds. The number of rotatable bonds is 5. The van der Waals surface area contributed by atoms with Crippen molar-refractivity contribution in [1.82, 2.24) is 20.0 Å². The zero-order valence-electron chi connectivity index (χ0n) is 15.1. The Morgan fingerprint density at radius 3 is 2.72 bits per heavy atom. The highest BCUT2D eigenvalue weighted by Gasteiger charge is 2.31. The molecule has 1 fully saturated rings. The average molecular weight is 369 g/mol. The van der Waals surface area contributed by atoms with Gasteiger partial charge in [-0.1, -0.05) is 6.42 Å². The summed E-state index contributed by atoms with van der Waals surface area (Å²) in [7, 11) is 0.690. The topological polar surface area (TPSA) is 86.4 Å². The van der Waals surface area contributed by atoms with Gasteiger partial charge >= 0.3 is 0 Å². The van der Waals surface area contributed by atoms with Crippen LogP contribution in [0.2, 0.25) is 0 Å². The van der Waals surface area contributed by atoms with Gasteiger partial charge in [-0.3, -0.25) is 14.8 Å². The molecule has 1 saturated heterocycles. The third-order valence-corrected chi connectivity index (χ3v) is 7.17. The van der Waals surface area contributed by atoms with Gasteiger partial charge in [0.1, 0.15) is 0 Å². The van der Waals surface area contributed by atoms with Gasteiger partial charge in [-0.25, -0.2) is 8.42 Å². The molecule has 1 N–H and O–H groups in total. The standard InChI is InChI=1S/C17H28N4O3S/c1-20(13-8-9-25(23,24)12-13)11-17(22)21(2)10-16-14-6-4-3-5-7-15(14)18-19-16/h13H,3-12H2,1-2H3,(H,18,19)/t13-/m0/s1. The highest BCUT2D eigenvalue weighted by atomic mass is 32.2. The van der Waals surface area contributed by atoms with E-state index in [4.69, 9.17) is 0 Å². The summed E-state index contributed by atoms with van der Waals surface area (Å²) in [5.74, 6) is 0.385. The second-order valence-corrected chi connectivity index (χ2v) is 9.64. The van der Waals surface area contributed by atoms with Gasteiger partial charge in [0, 0.05) is 18.8 Å². The summed E-state index contributed by atoms with van der Waals surface area (Å²) in [5.41, 5.74) is 3.48. The maximum Gasteiger partial charge on any atom is 0.236 e. The molecule has 3 rings (SSSR count). The number of nitrogens with one attached hydrogen (secondary N) is 1. The van der Waals surface area contributed by atoms with Crippen LogP contribution in [-0.4, -0.2) is 72.5 Å². The molecule has 0 unspecified atom stereocenters. The van der Waals surface area contributed by atoms with Gasteiger partial charge < -0.3 is 4.90 Å². The van der Waals surface area contributed by atoms with Crippen molar-refractivity contribution < 1.29 is 13.2 Å². The highest BCUT2D eigenvalue weighted by Crippen LogP contribution is 2.22. The molecule has 0 radical (unpaired) electrons. The van der Waals surface area contributed by atoms with Gasteiger partial charge in [-0.05, 0) is 44.7 Å². The first kappa shape index (κ1) is 18.4. The fourth-order valence-corrected chi connectivity index (χ4v) is 5.56. The fraction of sp³-hybridized carbons (Fsp3) is 0.765. The Labute approximate surface area is 149 Å². The van der Waals surface area contributed by atoms with Gasteiger partial charge in [-0.2, -0.15) is 5.10 Å². The van der Waals surface area contributed by atoms with Crippen molar-refractivity contribution in [3.63, 3.8) is 0 Å². The van der Waals surface area contributed by atoms with Crippen LogP contribution in [0.5, 0.6) is 0 Å². The summed E-state index contributed by atoms with van der Waals surface area (Å²) in [4.78, 5) is 16.1. The summed E-state index contributed by atoms with van der Waals surface area (Å²) in [6.45, 7) is 0.741. The van der Waals surface area contributed by atoms with E-state index in [-0.39, 0.29) is 30.0 Å². The second kappa shape index (κ2) is 7.45. The van der Waals surface area contributed by atoms with Crippen LogP contribution in [0.15, 0.2) is 0 Å². The summed E-state index contributed by atoms with van der Waals surface area (Å²) in [6.07, 6.45) is 6.30. The number of aromatic nitrogens is 2. The maximum absolute atomic E-state index is 12.5. The summed E-state index contributed by atoms with van der Waals surface area (Å²) in [5, 5.41) is 7.57. The summed E-state index contributed by atoms with van der Waals surface area (Å²) >= 11 is 0. The van der Waals surface area contributed by atoms with Crippen molar-refractivity contribution >= 4 is 15.7 Å². The van der Waals surface area contributed by atoms with Crippen LogP contribution in [0.25, 0.3) is 0 Å². The van der Waals surface area contributed by atoms with Crippen molar-refractivity contribution in [2.75, 3.05) is 32.1 Å². The first-order valence-electron chi connectivity index (χ1n) is 9.05. The van der Waals surface area contributed by atoms with Crippen molar-refractivity contribution in [2.24, 2.45) is 0 Å². The Hall–Kier alpha value is -1.41. The van der Waals surface area contributed by atoms with Crippen molar-refractivity contribution in [2.45, 2.75) is 51.1 Å². The van der Waals surface area contributed by atoms with E-state index in [0.717, 1.165) is 18.5 Å². The number of carbonyl (C=O) groups is 1. The Kier molecular flexibility index (Phi) is 5.48. The lowest BCUT2D eigenvalue weighted by Gasteiger charge is -2.25. The third-order valence-electron chi connectivity index (χ3n) is 5.42. The predicted octanol–water partition coefficient (Wildman–Crippen LogP) is 0.756. The van der Waals surface area contributed by atoms with E-state index in [1.165, 1.54) is 30.5 Å². The molecule has 1 aromatic heterocycles. The molecule has 2 aliphatic rings. The number of H-pyrrole nitrogens is 1. The van der Waals surface area contributed by atoms with Crippen molar-refractivity contribution in [1.29, 1.82) is 0 Å². The molecule has 7 nitrogen and oxygen atoms in total. The van der Waals surface area contributed by atoms with Crippen LogP contribution in [-0.2, 0) is 34.0 Å². The molecule has 0 aromatic carbocycles. The van der Waals surface area contributed by atoms with Crippen LogP contribution >= 0.6 is 0 Å². The first-order chi connectivity index (χ1) is 11.9. The molecule has 0 spiro atoms. The Morgan fingerprint density at radius 1 is 1.24 bits per heavy atom. The molecular weight excluding hydrogens is 340 g/mol. The number of sulfone groups is 1. The lowest BCUT2D eigenvalue weighted by molar-refractivity contribution is -0.131. The minimum absolute atomic E-state index is 0.00262. The van der Waals surface area contributed by atoms with Crippen LogP contribution in [0.1, 0.15) is 42.6 Å². The third kappa shape index (κ3) is 4.41. The monoisotopic (exact) mass is 368 g/mol. The predicted molar refractivity (Wildman–Crippen MR) is 96.0 cm³/mol. The van der Waals surface area contributed by atoms with E-state index in [2.05, 4.69) is 10.2 Å². The SMILES string of the molecule is CN(Cc1n[nH]c2c1CCCCC2)C(=O)CN(C)[C@H]1CCS(=O)(=O)C1. The molecule has 2 heterocycles. The lowest BCUT2D eigenvalue weighted by Crippen LogP contribution is -2.41. The number of aromatic amines is 1. The smallest absolute Gasteiger partial charge is 0.236 e. The molecule has 1 aliphatic heterocycles. The van der Waals surface area contributed by atoms with Crippen molar-refractivity contribution in [3.05, 3.63) is 17.0 Å². The lowest BCUT2D eigenvalue weighted by atomic mass is 10.1. The Bertz CT molecular complexity index is 728. The number of carbonyl (C=O) groups excluding carboxylic acids is 1. The van der Waals surface area contributed by atoms with E-state index in [9.17, 15) is 13.2 Å². The second-order valence-electron chi connectivity index (χ2n) is 7.41. The molecule has 1 atom stereocenters. The van der Waals surface area contributed by atoms with Crippen molar-refractivity contribution in [3.8, 4) is 0 Å². The van der Waals surface area contributed by atoms with Gasteiger partial charge in [-0.15, -0.1) is 0 Å². The number of hydrogen-bond acceptors (Lipinski definition) is 5. The van der Waals surface area contributed by atoms with E-state index < -0.39 is 9.84 Å². The van der Waals surface area contributed by atoms with Gasteiger partial charge in [0.05, 0.1) is 30.3 Å². The molecule has 25 heavy (non-hydrogen) atoms.